The van der Waals surface area contributed by atoms with Crippen molar-refractivity contribution in [1.29, 1.82) is 5.41 Å². The number of hydrogen-bond acceptors (Lipinski definition) is 3. The Bertz CT molecular complexity index is 432. The average Bonchev–Trinajstić information content (AvgIpc) is 2.15. The highest BCUT2D eigenvalue weighted by atomic mass is 16.4. The Morgan fingerprint density at radius 3 is 2.06 bits per heavy atom. The average molecular weight is 236 g/mol. The number of carboxylic acid groups (broad SMARTS) is 1. The fourth-order valence-electron chi connectivity index (χ4n) is 1.47. The zero-order valence-electron chi connectivity index (χ0n) is 10.1. The molecule has 5 heteroatoms. The molecule has 5 nitrogen and oxygen atoms in total. The van der Waals surface area contributed by atoms with Crippen LogP contribution in [0.5, 0.6) is 5.75 Å². The zero-order valence-corrected chi connectivity index (χ0v) is 10.1. The van der Waals surface area contributed by atoms with Gasteiger partial charge in [0, 0.05) is 11.1 Å². The number of aromatic hydroxyl groups is 1. The van der Waals surface area contributed by atoms with Crippen LogP contribution in [0.15, 0.2) is 24.3 Å². The summed E-state index contributed by atoms with van der Waals surface area (Å²) < 4.78 is 0. The molecule has 1 amide bonds. The van der Waals surface area contributed by atoms with Crippen LogP contribution in [0.1, 0.15) is 26.3 Å². The molecule has 0 aliphatic heterocycles. The minimum atomic E-state index is -1.17. The van der Waals surface area contributed by atoms with Gasteiger partial charge in [0.25, 0.3) is 0 Å². The highest BCUT2D eigenvalue weighted by Gasteiger charge is 2.30. The standard InChI is InChI=1S/C12H16N2O3/c1-12(2,3)14(11(16)17)10(13)8-4-6-9(15)7-5-8/h4-7,13,15H,1-3H3,(H,16,17). The SMILES string of the molecule is CC(C)(C)N(C(=N)c1ccc(O)cc1)C(=O)O. The second kappa shape index (κ2) is 4.45. The number of rotatable bonds is 1. The summed E-state index contributed by atoms with van der Waals surface area (Å²) in [7, 11) is 0. The second-order valence-electron chi connectivity index (χ2n) is 4.68. The Kier molecular flexibility index (Phi) is 3.41. The van der Waals surface area contributed by atoms with Crippen LogP contribution in [0.3, 0.4) is 0 Å². The van der Waals surface area contributed by atoms with Crippen molar-refractivity contribution in [2.45, 2.75) is 26.3 Å². The molecular weight excluding hydrogens is 220 g/mol. The van der Waals surface area contributed by atoms with Gasteiger partial charge in [-0.25, -0.2) is 4.79 Å². The van der Waals surface area contributed by atoms with Crippen LogP contribution in [0, 0.1) is 5.41 Å². The maximum absolute atomic E-state index is 11.2. The lowest BCUT2D eigenvalue weighted by molar-refractivity contribution is 0.140. The first kappa shape index (κ1) is 13.0. The van der Waals surface area contributed by atoms with E-state index in [1.165, 1.54) is 24.3 Å². The van der Waals surface area contributed by atoms with E-state index in [1.54, 1.807) is 20.8 Å². The second-order valence-corrected chi connectivity index (χ2v) is 4.68. The normalized spacial score (nSPS) is 11.0. The third-order valence-electron chi connectivity index (χ3n) is 2.23. The number of nitrogens with zero attached hydrogens (tertiary/aromatic N) is 1. The van der Waals surface area contributed by atoms with Gasteiger partial charge in [-0.15, -0.1) is 0 Å². The number of amidine groups is 1. The first-order valence-electron chi connectivity index (χ1n) is 5.14. The molecule has 0 bridgehead atoms. The molecule has 0 fully saturated rings. The lowest BCUT2D eigenvalue weighted by Crippen LogP contribution is -2.48. The number of nitrogens with one attached hydrogen (secondary N) is 1. The minimum absolute atomic E-state index is 0.0826. The van der Waals surface area contributed by atoms with Crippen LogP contribution in [0.25, 0.3) is 0 Å². The molecule has 0 heterocycles. The summed E-state index contributed by atoms with van der Waals surface area (Å²) in [5.74, 6) is -0.0239. The number of phenolic OH excluding ortho intramolecular Hbond substituents is 1. The first-order chi connectivity index (χ1) is 7.73. The molecule has 0 aliphatic carbocycles. The van der Waals surface area contributed by atoms with Gasteiger partial charge in [-0.2, -0.15) is 0 Å². The number of carbonyl (C=O) groups is 1. The van der Waals surface area contributed by atoms with Crippen molar-refractivity contribution in [3.05, 3.63) is 29.8 Å². The molecule has 0 spiro atoms. The van der Waals surface area contributed by atoms with Crippen molar-refractivity contribution in [3.63, 3.8) is 0 Å². The van der Waals surface area contributed by atoms with Gasteiger partial charge in [-0.05, 0) is 45.0 Å². The highest BCUT2D eigenvalue weighted by molar-refractivity contribution is 6.04. The van der Waals surface area contributed by atoms with Gasteiger partial charge in [0.05, 0.1) is 0 Å². The van der Waals surface area contributed by atoms with E-state index >= 15 is 0 Å². The van der Waals surface area contributed by atoms with E-state index in [0.717, 1.165) is 4.90 Å². The van der Waals surface area contributed by atoms with E-state index in [4.69, 9.17) is 15.6 Å². The van der Waals surface area contributed by atoms with Crippen molar-refractivity contribution in [1.82, 2.24) is 4.90 Å². The number of benzene rings is 1. The van der Waals surface area contributed by atoms with Crippen molar-refractivity contribution in [3.8, 4) is 5.75 Å². The fraction of sp³-hybridized carbons (Fsp3) is 0.333. The molecule has 0 aromatic heterocycles. The van der Waals surface area contributed by atoms with Crippen LogP contribution in [0.4, 0.5) is 4.79 Å². The van der Waals surface area contributed by atoms with Crippen LogP contribution < -0.4 is 0 Å². The Morgan fingerprint density at radius 2 is 1.71 bits per heavy atom. The smallest absolute Gasteiger partial charge is 0.413 e. The van der Waals surface area contributed by atoms with Gasteiger partial charge >= 0.3 is 6.09 Å². The predicted molar refractivity (Wildman–Crippen MR) is 64.6 cm³/mol. The predicted octanol–water partition coefficient (Wildman–Crippen LogP) is 2.50. The van der Waals surface area contributed by atoms with E-state index in [1.807, 2.05) is 0 Å². The summed E-state index contributed by atoms with van der Waals surface area (Å²) in [6, 6.07) is 5.87. The molecule has 3 N–H and O–H groups in total. The molecule has 1 rings (SSSR count). The van der Waals surface area contributed by atoms with Gasteiger partial charge in [-0.1, -0.05) is 0 Å². The lowest BCUT2D eigenvalue weighted by Gasteiger charge is -2.33. The monoisotopic (exact) mass is 236 g/mol. The van der Waals surface area contributed by atoms with Crippen LogP contribution in [-0.4, -0.2) is 32.6 Å². The van der Waals surface area contributed by atoms with Crippen LogP contribution >= 0.6 is 0 Å². The molecule has 17 heavy (non-hydrogen) atoms. The third-order valence-corrected chi connectivity index (χ3v) is 2.23. The van der Waals surface area contributed by atoms with E-state index in [0.29, 0.717) is 5.56 Å². The minimum Gasteiger partial charge on any atom is -0.508 e. The zero-order chi connectivity index (χ0) is 13.2. The molecule has 0 radical (unpaired) electrons. The number of phenols is 1. The summed E-state index contributed by atoms with van der Waals surface area (Å²) in [5, 5.41) is 26.2. The Morgan fingerprint density at radius 1 is 1.24 bits per heavy atom. The van der Waals surface area contributed by atoms with Crippen molar-refractivity contribution in [2.75, 3.05) is 0 Å². The van der Waals surface area contributed by atoms with E-state index < -0.39 is 11.6 Å². The molecule has 0 atom stereocenters. The summed E-state index contributed by atoms with van der Waals surface area (Å²) in [6.07, 6.45) is -1.17. The molecule has 0 saturated heterocycles. The number of amides is 1. The van der Waals surface area contributed by atoms with Crippen LogP contribution in [-0.2, 0) is 0 Å². The Labute approximate surface area is 99.8 Å². The van der Waals surface area contributed by atoms with Gasteiger partial charge < -0.3 is 10.2 Å². The Balaban J connectivity index is 3.09. The van der Waals surface area contributed by atoms with Crippen LogP contribution in [0.2, 0.25) is 0 Å². The largest absolute Gasteiger partial charge is 0.508 e. The highest BCUT2D eigenvalue weighted by Crippen LogP contribution is 2.19. The number of hydrogen-bond donors (Lipinski definition) is 3. The molecule has 0 unspecified atom stereocenters. The maximum Gasteiger partial charge on any atom is 0.413 e. The maximum atomic E-state index is 11.2. The summed E-state index contributed by atoms with van der Waals surface area (Å²) in [5.41, 5.74) is -0.249. The molecule has 1 aromatic carbocycles. The molecule has 92 valence electrons. The van der Waals surface area contributed by atoms with E-state index in [-0.39, 0.29) is 11.6 Å². The van der Waals surface area contributed by atoms with Crippen molar-refractivity contribution < 1.29 is 15.0 Å². The summed E-state index contributed by atoms with van der Waals surface area (Å²) in [6.45, 7) is 5.15. The lowest BCUT2D eigenvalue weighted by atomic mass is 10.0. The molecule has 0 aliphatic rings. The van der Waals surface area contributed by atoms with Crippen molar-refractivity contribution >= 4 is 11.9 Å². The summed E-state index contributed by atoms with van der Waals surface area (Å²) >= 11 is 0. The topological polar surface area (TPSA) is 84.6 Å². The van der Waals surface area contributed by atoms with Crippen molar-refractivity contribution in [2.24, 2.45) is 0 Å². The fourth-order valence-corrected chi connectivity index (χ4v) is 1.47. The van der Waals surface area contributed by atoms with Gasteiger partial charge in [0.2, 0.25) is 0 Å². The van der Waals surface area contributed by atoms with E-state index in [2.05, 4.69) is 0 Å². The molecule has 0 saturated carbocycles. The molecule has 1 aromatic rings. The summed E-state index contributed by atoms with van der Waals surface area (Å²) in [4.78, 5) is 12.1. The third kappa shape index (κ3) is 2.96. The first-order valence-corrected chi connectivity index (χ1v) is 5.14. The quantitative estimate of drug-likeness (QED) is 0.517. The van der Waals surface area contributed by atoms with Gasteiger partial charge in [0.1, 0.15) is 11.6 Å². The van der Waals surface area contributed by atoms with Gasteiger partial charge in [-0.3, -0.25) is 10.3 Å². The van der Waals surface area contributed by atoms with E-state index in [9.17, 15) is 4.79 Å². The Hall–Kier alpha value is -2.04. The molecular formula is C12H16N2O3. The van der Waals surface area contributed by atoms with Gasteiger partial charge in [0.15, 0.2) is 0 Å².